The second-order valence-corrected chi connectivity index (χ2v) is 6.74. The zero-order chi connectivity index (χ0) is 18.4. The first-order chi connectivity index (χ1) is 11.9. The van der Waals surface area contributed by atoms with E-state index in [0.29, 0.717) is 23.4 Å². The van der Waals surface area contributed by atoms with Gasteiger partial charge in [-0.3, -0.25) is 4.79 Å². The van der Waals surface area contributed by atoms with Crippen molar-refractivity contribution in [3.05, 3.63) is 29.8 Å². The first-order valence-corrected chi connectivity index (χ1v) is 8.75. The fourth-order valence-corrected chi connectivity index (χ4v) is 2.85. The lowest BCUT2D eigenvalue weighted by atomic mass is 10.0. The summed E-state index contributed by atoms with van der Waals surface area (Å²) in [4.78, 5) is 21.2. The summed E-state index contributed by atoms with van der Waals surface area (Å²) >= 11 is 0. The average Bonchev–Trinajstić information content (AvgIpc) is 2.60. The van der Waals surface area contributed by atoms with E-state index in [9.17, 15) is 4.79 Å². The Morgan fingerprint density at radius 2 is 2.00 bits per heavy atom. The van der Waals surface area contributed by atoms with Crippen LogP contribution < -0.4 is 4.74 Å². The van der Waals surface area contributed by atoms with Crippen LogP contribution in [0.25, 0.3) is 0 Å². The van der Waals surface area contributed by atoms with Crippen molar-refractivity contribution in [2.24, 2.45) is 4.99 Å². The van der Waals surface area contributed by atoms with Gasteiger partial charge in [-0.1, -0.05) is 6.07 Å². The number of ether oxygens (including phenoxy) is 2. The lowest BCUT2D eigenvalue weighted by Crippen LogP contribution is -2.46. The minimum Gasteiger partial charge on any atom is -0.497 e. The SMILES string of the molecule is COc1cccc(C(=O)N=C(OC(C)C)N(C)C2CCN(C)CC2)c1. The van der Waals surface area contributed by atoms with Crippen molar-refractivity contribution >= 4 is 11.9 Å². The number of nitrogens with zero attached hydrogens (tertiary/aromatic N) is 3. The van der Waals surface area contributed by atoms with Gasteiger partial charge in [-0.2, -0.15) is 4.99 Å². The van der Waals surface area contributed by atoms with Crippen LogP contribution in [0.4, 0.5) is 0 Å². The highest BCUT2D eigenvalue weighted by Crippen LogP contribution is 2.17. The van der Waals surface area contributed by atoms with E-state index in [1.807, 2.05) is 25.8 Å². The van der Waals surface area contributed by atoms with Gasteiger partial charge in [-0.15, -0.1) is 0 Å². The van der Waals surface area contributed by atoms with Crippen LogP contribution in [0.2, 0.25) is 0 Å². The third kappa shape index (κ3) is 5.46. The van der Waals surface area contributed by atoms with Gasteiger partial charge in [-0.25, -0.2) is 0 Å². The molecular formula is C19H29N3O3. The monoisotopic (exact) mass is 347 g/mol. The number of methoxy groups -OCH3 is 1. The van der Waals surface area contributed by atoms with E-state index in [2.05, 4.69) is 16.9 Å². The first kappa shape index (κ1) is 19.2. The Morgan fingerprint density at radius 1 is 1.32 bits per heavy atom. The molecule has 138 valence electrons. The highest BCUT2D eigenvalue weighted by molar-refractivity contribution is 6.01. The molecule has 2 rings (SSSR count). The van der Waals surface area contributed by atoms with Crippen LogP contribution in [0.1, 0.15) is 37.0 Å². The fraction of sp³-hybridized carbons (Fsp3) is 0.579. The van der Waals surface area contributed by atoms with Crippen LogP contribution in [-0.2, 0) is 4.74 Å². The van der Waals surface area contributed by atoms with Gasteiger partial charge in [0.25, 0.3) is 11.9 Å². The minimum absolute atomic E-state index is 0.0504. The topological polar surface area (TPSA) is 54.4 Å². The summed E-state index contributed by atoms with van der Waals surface area (Å²) in [7, 11) is 5.66. The molecule has 1 aliphatic heterocycles. The molecule has 0 bridgehead atoms. The van der Waals surface area contributed by atoms with E-state index in [1.165, 1.54) is 0 Å². The Kier molecular flexibility index (Phi) is 6.82. The lowest BCUT2D eigenvalue weighted by Gasteiger charge is -2.36. The van der Waals surface area contributed by atoms with Crippen LogP contribution in [0.3, 0.4) is 0 Å². The molecule has 1 aromatic carbocycles. The van der Waals surface area contributed by atoms with E-state index in [-0.39, 0.29) is 12.0 Å². The summed E-state index contributed by atoms with van der Waals surface area (Å²) in [6.07, 6.45) is 2.01. The van der Waals surface area contributed by atoms with Gasteiger partial charge in [0, 0.05) is 18.7 Å². The van der Waals surface area contributed by atoms with E-state index >= 15 is 0 Å². The molecule has 6 heteroatoms. The predicted octanol–water partition coefficient (Wildman–Crippen LogP) is 2.64. The molecule has 0 saturated carbocycles. The molecule has 0 aliphatic carbocycles. The van der Waals surface area contributed by atoms with Crippen molar-refractivity contribution in [2.45, 2.75) is 38.8 Å². The van der Waals surface area contributed by atoms with Gasteiger partial charge in [0.15, 0.2) is 0 Å². The number of aliphatic imine (C=N–C) groups is 1. The number of benzene rings is 1. The molecule has 0 atom stereocenters. The van der Waals surface area contributed by atoms with Crippen molar-refractivity contribution in [3.63, 3.8) is 0 Å². The van der Waals surface area contributed by atoms with Crippen molar-refractivity contribution < 1.29 is 14.3 Å². The van der Waals surface area contributed by atoms with Gasteiger partial charge in [0.05, 0.1) is 13.2 Å². The number of carbonyl (C=O) groups excluding carboxylic acids is 1. The number of hydrogen-bond donors (Lipinski definition) is 0. The quantitative estimate of drug-likeness (QED) is 0.619. The molecule has 0 radical (unpaired) electrons. The number of amidine groups is 1. The van der Waals surface area contributed by atoms with E-state index in [0.717, 1.165) is 25.9 Å². The Hall–Kier alpha value is -2.08. The van der Waals surface area contributed by atoms with Crippen molar-refractivity contribution in [3.8, 4) is 5.75 Å². The molecule has 1 aromatic rings. The van der Waals surface area contributed by atoms with E-state index < -0.39 is 0 Å². The number of likely N-dealkylation sites (tertiary alicyclic amines) is 1. The first-order valence-electron chi connectivity index (χ1n) is 8.75. The van der Waals surface area contributed by atoms with Crippen molar-refractivity contribution in [1.29, 1.82) is 0 Å². The van der Waals surface area contributed by atoms with Crippen LogP contribution in [-0.4, -0.2) is 68.2 Å². The molecule has 6 nitrogen and oxygen atoms in total. The molecule has 0 unspecified atom stereocenters. The summed E-state index contributed by atoms with van der Waals surface area (Å²) in [5, 5.41) is 0. The second kappa shape index (κ2) is 8.85. The van der Waals surface area contributed by atoms with Gasteiger partial charge < -0.3 is 19.3 Å². The minimum atomic E-state index is -0.325. The van der Waals surface area contributed by atoms with Crippen LogP contribution in [0.15, 0.2) is 29.3 Å². The van der Waals surface area contributed by atoms with Gasteiger partial charge in [0.2, 0.25) is 0 Å². The molecule has 1 aliphatic rings. The maximum Gasteiger partial charge on any atom is 0.295 e. The maximum atomic E-state index is 12.6. The van der Waals surface area contributed by atoms with Crippen LogP contribution in [0, 0.1) is 0 Å². The smallest absolute Gasteiger partial charge is 0.295 e. The molecule has 0 N–H and O–H groups in total. The summed E-state index contributed by atoms with van der Waals surface area (Å²) in [5.41, 5.74) is 0.487. The van der Waals surface area contributed by atoms with Gasteiger partial charge in [0.1, 0.15) is 5.75 Å². The van der Waals surface area contributed by atoms with E-state index in [4.69, 9.17) is 9.47 Å². The normalized spacial score (nSPS) is 16.8. The third-order valence-electron chi connectivity index (χ3n) is 4.39. The zero-order valence-electron chi connectivity index (χ0n) is 15.9. The number of hydrogen-bond acceptors (Lipinski definition) is 4. The van der Waals surface area contributed by atoms with Crippen molar-refractivity contribution in [2.75, 3.05) is 34.3 Å². The number of piperidine rings is 1. The van der Waals surface area contributed by atoms with Gasteiger partial charge >= 0.3 is 0 Å². The largest absolute Gasteiger partial charge is 0.497 e. The number of rotatable bonds is 4. The Morgan fingerprint density at radius 3 is 2.60 bits per heavy atom. The summed E-state index contributed by atoms with van der Waals surface area (Å²) < 4.78 is 11.0. The Labute approximate surface area is 150 Å². The highest BCUT2D eigenvalue weighted by atomic mass is 16.5. The average molecular weight is 347 g/mol. The highest BCUT2D eigenvalue weighted by Gasteiger charge is 2.25. The van der Waals surface area contributed by atoms with Crippen LogP contribution in [0.5, 0.6) is 5.75 Å². The molecular weight excluding hydrogens is 318 g/mol. The molecule has 0 aromatic heterocycles. The summed E-state index contributed by atoms with van der Waals surface area (Å²) in [5.74, 6) is 0.311. The predicted molar refractivity (Wildman–Crippen MR) is 99.3 cm³/mol. The Bertz CT molecular complexity index is 608. The van der Waals surface area contributed by atoms with Crippen LogP contribution >= 0.6 is 0 Å². The maximum absolute atomic E-state index is 12.6. The van der Waals surface area contributed by atoms with Crippen molar-refractivity contribution in [1.82, 2.24) is 9.80 Å². The molecule has 1 amide bonds. The summed E-state index contributed by atoms with van der Waals surface area (Å²) in [6.45, 7) is 5.95. The lowest BCUT2D eigenvalue weighted by molar-refractivity contribution is 0.0978. The fourth-order valence-electron chi connectivity index (χ4n) is 2.85. The number of amides is 1. The number of carbonyl (C=O) groups is 1. The molecule has 1 fully saturated rings. The molecule has 25 heavy (non-hydrogen) atoms. The Balaban J connectivity index is 2.19. The third-order valence-corrected chi connectivity index (χ3v) is 4.39. The summed E-state index contributed by atoms with van der Waals surface area (Å²) in [6, 6.07) is 7.72. The van der Waals surface area contributed by atoms with Gasteiger partial charge in [-0.05, 0) is 65.0 Å². The molecule has 1 saturated heterocycles. The standard InChI is InChI=1S/C19H29N3O3/c1-14(2)25-19(22(4)16-9-11-21(3)12-10-16)20-18(23)15-7-6-8-17(13-15)24-5/h6-8,13-14,16H,9-12H2,1-5H3. The molecule has 1 heterocycles. The second-order valence-electron chi connectivity index (χ2n) is 6.74. The zero-order valence-corrected chi connectivity index (χ0v) is 15.9. The van der Waals surface area contributed by atoms with E-state index in [1.54, 1.807) is 31.4 Å². The molecule has 0 spiro atoms.